The smallest absolute Gasteiger partial charge is 0.229 e. The summed E-state index contributed by atoms with van der Waals surface area (Å²) in [7, 11) is 0. The molecule has 0 unspecified atom stereocenters. The number of imide groups is 1. The summed E-state index contributed by atoms with van der Waals surface area (Å²) >= 11 is 1.64. The first-order valence-electron chi connectivity index (χ1n) is 6.39. The molecule has 1 aromatic rings. The average Bonchev–Trinajstić information content (AvgIpc) is 2.73. The topological polar surface area (TPSA) is 46.6 Å². The SMILES string of the molecule is CCOc1ccc(SCCN2C(=O)CCC2=O)cc1. The van der Waals surface area contributed by atoms with E-state index in [1.165, 1.54) is 4.90 Å². The van der Waals surface area contributed by atoms with Gasteiger partial charge in [-0.05, 0) is 31.2 Å². The van der Waals surface area contributed by atoms with E-state index < -0.39 is 0 Å². The molecule has 0 spiro atoms. The van der Waals surface area contributed by atoms with E-state index in [9.17, 15) is 9.59 Å². The summed E-state index contributed by atoms with van der Waals surface area (Å²) in [6.07, 6.45) is 0.735. The standard InChI is InChI=1S/C14H17NO3S/c1-2-18-11-3-5-12(6-4-11)19-10-9-15-13(16)7-8-14(15)17/h3-6H,2,7-10H2,1H3. The van der Waals surface area contributed by atoms with E-state index >= 15 is 0 Å². The van der Waals surface area contributed by atoms with Gasteiger partial charge in [0.25, 0.3) is 0 Å². The van der Waals surface area contributed by atoms with Crippen molar-refractivity contribution in [3.05, 3.63) is 24.3 Å². The van der Waals surface area contributed by atoms with Gasteiger partial charge in [0.15, 0.2) is 0 Å². The normalized spacial score (nSPS) is 15.1. The third-order valence-corrected chi connectivity index (χ3v) is 3.87. The Morgan fingerprint density at radius 1 is 1.16 bits per heavy atom. The van der Waals surface area contributed by atoms with Crippen molar-refractivity contribution in [2.45, 2.75) is 24.7 Å². The third-order valence-electron chi connectivity index (χ3n) is 2.87. The molecule has 1 saturated heterocycles. The summed E-state index contributed by atoms with van der Waals surface area (Å²) < 4.78 is 5.37. The van der Waals surface area contributed by atoms with E-state index in [0.29, 0.717) is 26.0 Å². The van der Waals surface area contributed by atoms with E-state index in [-0.39, 0.29) is 11.8 Å². The molecule has 102 valence electrons. The van der Waals surface area contributed by atoms with Gasteiger partial charge in [-0.1, -0.05) is 0 Å². The van der Waals surface area contributed by atoms with Crippen LogP contribution < -0.4 is 4.74 Å². The lowest BCUT2D eigenvalue weighted by Crippen LogP contribution is -2.31. The molecule has 0 aliphatic carbocycles. The number of carbonyl (C=O) groups excluding carboxylic acids is 2. The Balaban J connectivity index is 1.79. The van der Waals surface area contributed by atoms with Gasteiger partial charge in [-0.15, -0.1) is 11.8 Å². The molecule has 0 saturated carbocycles. The quantitative estimate of drug-likeness (QED) is 0.592. The monoisotopic (exact) mass is 279 g/mol. The minimum atomic E-state index is -0.0442. The number of likely N-dealkylation sites (tertiary alicyclic amines) is 1. The lowest BCUT2D eigenvalue weighted by atomic mass is 10.3. The molecule has 0 atom stereocenters. The van der Waals surface area contributed by atoms with Crippen LogP contribution in [0.1, 0.15) is 19.8 Å². The predicted molar refractivity (Wildman–Crippen MR) is 74.3 cm³/mol. The number of hydrogen-bond acceptors (Lipinski definition) is 4. The molecule has 0 aromatic heterocycles. The summed E-state index contributed by atoms with van der Waals surface area (Å²) in [6, 6.07) is 7.84. The van der Waals surface area contributed by atoms with Gasteiger partial charge in [0.1, 0.15) is 5.75 Å². The van der Waals surface area contributed by atoms with Crippen LogP contribution in [-0.2, 0) is 9.59 Å². The number of nitrogens with zero attached hydrogens (tertiary/aromatic N) is 1. The maximum absolute atomic E-state index is 11.4. The highest BCUT2D eigenvalue weighted by molar-refractivity contribution is 7.99. The van der Waals surface area contributed by atoms with Crippen LogP contribution in [0, 0.1) is 0 Å². The van der Waals surface area contributed by atoms with Crippen LogP contribution in [0.2, 0.25) is 0 Å². The van der Waals surface area contributed by atoms with Crippen molar-refractivity contribution >= 4 is 23.6 Å². The lowest BCUT2D eigenvalue weighted by Gasteiger charge is -2.13. The highest BCUT2D eigenvalue weighted by atomic mass is 32.2. The summed E-state index contributed by atoms with van der Waals surface area (Å²) in [4.78, 5) is 25.3. The summed E-state index contributed by atoms with van der Waals surface area (Å²) in [5.74, 6) is 1.50. The van der Waals surface area contributed by atoms with Crippen molar-refractivity contribution in [3.63, 3.8) is 0 Å². The van der Waals surface area contributed by atoms with Crippen LogP contribution in [0.5, 0.6) is 5.75 Å². The van der Waals surface area contributed by atoms with E-state index in [2.05, 4.69) is 0 Å². The van der Waals surface area contributed by atoms with Crippen molar-refractivity contribution < 1.29 is 14.3 Å². The van der Waals surface area contributed by atoms with Crippen LogP contribution in [0.25, 0.3) is 0 Å². The second-order valence-corrected chi connectivity index (χ2v) is 5.36. The van der Waals surface area contributed by atoms with Gasteiger partial charge in [0.05, 0.1) is 6.61 Å². The molecule has 1 aromatic carbocycles. The van der Waals surface area contributed by atoms with Gasteiger partial charge in [-0.3, -0.25) is 14.5 Å². The second-order valence-electron chi connectivity index (χ2n) is 4.19. The van der Waals surface area contributed by atoms with Crippen molar-refractivity contribution in [1.82, 2.24) is 4.90 Å². The second kappa shape index (κ2) is 6.61. The molecule has 19 heavy (non-hydrogen) atoms. The Hall–Kier alpha value is -1.49. The minimum Gasteiger partial charge on any atom is -0.494 e. The van der Waals surface area contributed by atoms with Crippen molar-refractivity contribution in [3.8, 4) is 5.75 Å². The van der Waals surface area contributed by atoms with Crippen LogP contribution >= 0.6 is 11.8 Å². The molecule has 2 amide bonds. The zero-order valence-electron chi connectivity index (χ0n) is 10.9. The number of rotatable bonds is 6. The van der Waals surface area contributed by atoms with Crippen LogP contribution in [0.3, 0.4) is 0 Å². The molecule has 1 heterocycles. The fraction of sp³-hybridized carbons (Fsp3) is 0.429. The molecule has 2 rings (SSSR count). The highest BCUT2D eigenvalue weighted by Gasteiger charge is 2.27. The predicted octanol–water partition coefficient (Wildman–Crippen LogP) is 2.33. The molecule has 1 fully saturated rings. The molecule has 5 heteroatoms. The van der Waals surface area contributed by atoms with E-state index in [1.807, 2.05) is 31.2 Å². The van der Waals surface area contributed by atoms with Gasteiger partial charge < -0.3 is 4.74 Å². The number of amides is 2. The van der Waals surface area contributed by atoms with E-state index in [1.54, 1.807) is 11.8 Å². The van der Waals surface area contributed by atoms with Gasteiger partial charge >= 0.3 is 0 Å². The molecule has 0 radical (unpaired) electrons. The molecule has 0 N–H and O–H groups in total. The molecule has 1 aliphatic rings. The Labute approximate surface area is 117 Å². The lowest BCUT2D eigenvalue weighted by molar-refractivity contribution is -0.137. The third kappa shape index (κ3) is 3.73. The zero-order chi connectivity index (χ0) is 13.7. The Kier molecular flexibility index (Phi) is 4.85. The number of ether oxygens (including phenoxy) is 1. The largest absolute Gasteiger partial charge is 0.494 e. The fourth-order valence-corrected chi connectivity index (χ4v) is 2.76. The number of thioether (sulfide) groups is 1. The first kappa shape index (κ1) is 13.9. The highest BCUT2D eigenvalue weighted by Crippen LogP contribution is 2.22. The van der Waals surface area contributed by atoms with E-state index in [4.69, 9.17) is 4.74 Å². The summed E-state index contributed by atoms with van der Waals surface area (Å²) in [5, 5.41) is 0. The minimum absolute atomic E-state index is 0.0442. The van der Waals surface area contributed by atoms with Crippen LogP contribution in [-0.4, -0.2) is 35.6 Å². The first-order chi connectivity index (χ1) is 9.20. The van der Waals surface area contributed by atoms with Crippen molar-refractivity contribution in [2.24, 2.45) is 0 Å². The van der Waals surface area contributed by atoms with Crippen LogP contribution in [0.4, 0.5) is 0 Å². The maximum atomic E-state index is 11.4. The van der Waals surface area contributed by atoms with Gasteiger partial charge in [0.2, 0.25) is 11.8 Å². The van der Waals surface area contributed by atoms with Gasteiger partial charge in [-0.2, -0.15) is 0 Å². The maximum Gasteiger partial charge on any atom is 0.229 e. The van der Waals surface area contributed by atoms with Gasteiger partial charge in [0, 0.05) is 30.0 Å². The van der Waals surface area contributed by atoms with Crippen molar-refractivity contribution in [2.75, 3.05) is 18.9 Å². The zero-order valence-corrected chi connectivity index (χ0v) is 11.7. The van der Waals surface area contributed by atoms with E-state index in [0.717, 1.165) is 16.4 Å². The molecular weight excluding hydrogens is 262 g/mol. The summed E-state index contributed by atoms with van der Waals surface area (Å²) in [6.45, 7) is 3.11. The van der Waals surface area contributed by atoms with Crippen LogP contribution in [0.15, 0.2) is 29.2 Å². The molecular formula is C14H17NO3S. The fourth-order valence-electron chi connectivity index (χ4n) is 1.93. The number of hydrogen-bond donors (Lipinski definition) is 0. The molecule has 1 aliphatic heterocycles. The van der Waals surface area contributed by atoms with Crippen molar-refractivity contribution in [1.29, 1.82) is 0 Å². The molecule has 4 nitrogen and oxygen atoms in total. The summed E-state index contributed by atoms with van der Waals surface area (Å²) in [5.41, 5.74) is 0. The number of benzene rings is 1. The molecule has 0 bridgehead atoms. The first-order valence-corrected chi connectivity index (χ1v) is 7.38. The average molecular weight is 279 g/mol. The number of carbonyl (C=O) groups is 2. The van der Waals surface area contributed by atoms with Gasteiger partial charge in [-0.25, -0.2) is 0 Å². The Morgan fingerprint density at radius 2 is 1.79 bits per heavy atom. The Morgan fingerprint density at radius 3 is 2.37 bits per heavy atom. The Bertz CT molecular complexity index is 442.